The quantitative estimate of drug-likeness (QED) is 0.645. The number of alkyl halides is 3. The van der Waals surface area contributed by atoms with Gasteiger partial charge >= 0.3 is 6.18 Å². The van der Waals surface area contributed by atoms with E-state index in [1.54, 1.807) is 18.3 Å². The number of rotatable bonds is 5. The van der Waals surface area contributed by atoms with Gasteiger partial charge in [-0.2, -0.15) is 13.2 Å². The Labute approximate surface area is 176 Å². The van der Waals surface area contributed by atoms with E-state index in [2.05, 4.69) is 10.3 Å². The molecule has 1 aliphatic carbocycles. The highest BCUT2D eigenvalue weighted by molar-refractivity contribution is 5.81. The van der Waals surface area contributed by atoms with Gasteiger partial charge in [0.1, 0.15) is 17.3 Å². The number of carbonyl (C=O) groups excluding carboxylic acids is 1. The summed E-state index contributed by atoms with van der Waals surface area (Å²) in [5.74, 6) is 1.34. The van der Waals surface area contributed by atoms with Crippen LogP contribution in [0, 0.1) is 6.92 Å². The van der Waals surface area contributed by atoms with Gasteiger partial charge in [0.05, 0.1) is 37.4 Å². The number of carbonyl (C=O) groups is 1. The maximum atomic E-state index is 13.2. The third-order valence-corrected chi connectivity index (χ3v) is 5.18. The van der Waals surface area contributed by atoms with Crippen molar-refractivity contribution in [3.8, 4) is 0 Å². The fourth-order valence-corrected chi connectivity index (χ4v) is 3.65. The smallest absolute Gasteiger partial charge is 0.416 e. The van der Waals surface area contributed by atoms with E-state index in [-0.39, 0.29) is 17.9 Å². The number of nitrogens with one attached hydrogen (secondary N) is 1. The third-order valence-electron chi connectivity index (χ3n) is 5.18. The summed E-state index contributed by atoms with van der Waals surface area (Å²) in [6.07, 6.45) is 2.53. The first-order valence-corrected chi connectivity index (χ1v) is 9.60. The molecule has 4 rings (SSSR count). The van der Waals surface area contributed by atoms with Crippen molar-refractivity contribution in [2.24, 2.45) is 0 Å². The van der Waals surface area contributed by atoms with Gasteiger partial charge in [-0.05, 0) is 31.1 Å². The Morgan fingerprint density at radius 3 is 2.84 bits per heavy atom. The molecular weight excluding hydrogens is 411 g/mol. The van der Waals surface area contributed by atoms with Crippen LogP contribution in [-0.2, 0) is 22.1 Å². The molecule has 0 saturated carbocycles. The van der Waals surface area contributed by atoms with Crippen molar-refractivity contribution < 1.29 is 27.1 Å². The molecule has 1 N–H and O–H groups in total. The van der Waals surface area contributed by atoms with E-state index in [1.807, 2.05) is 17.5 Å². The fourth-order valence-electron chi connectivity index (χ4n) is 3.65. The molecule has 1 aliphatic rings. The van der Waals surface area contributed by atoms with Crippen molar-refractivity contribution in [2.75, 3.05) is 7.11 Å². The lowest BCUT2D eigenvalue weighted by Gasteiger charge is -2.21. The van der Waals surface area contributed by atoms with E-state index in [4.69, 9.17) is 9.15 Å². The predicted octanol–water partition coefficient (Wildman–Crippen LogP) is 4.51. The number of imidazole rings is 1. The van der Waals surface area contributed by atoms with E-state index in [9.17, 15) is 18.0 Å². The second kappa shape index (κ2) is 7.98. The van der Waals surface area contributed by atoms with E-state index < -0.39 is 17.6 Å². The number of oxazole rings is 1. The topological polar surface area (TPSA) is 68.8 Å². The molecule has 1 atom stereocenters. The van der Waals surface area contributed by atoms with Gasteiger partial charge in [0.15, 0.2) is 0 Å². The highest BCUT2D eigenvalue weighted by atomic mass is 19.4. The number of aromatic nitrogens is 2. The number of halogens is 3. The molecule has 9 heteroatoms. The lowest BCUT2D eigenvalue weighted by atomic mass is 9.94. The van der Waals surface area contributed by atoms with Crippen molar-refractivity contribution in [1.29, 1.82) is 0 Å². The van der Waals surface area contributed by atoms with Crippen molar-refractivity contribution >= 4 is 11.6 Å². The maximum Gasteiger partial charge on any atom is 0.416 e. The number of fused-ring (bicyclic) bond motifs is 1. The van der Waals surface area contributed by atoms with Crippen LogP contribution in [0.4, 0.5) is 13.2 Å². The summed E-state index contributed by atoms with van der Waals surface area (Å²) in [7, 11) is 1.52. The highest BCUT2D eigenvalue weighted by Gasteiger charge is 2.33. The van der Waals surface area contributed by atoms with Crippen LogP contribution in [0.2, 0.25) is 0 Å². The molecular formula is C22H20F3N3O3. The molecule has 31 heavy (non-hydrogen) atoms. The average Bonchev–Trinajstić information content (AvgIpc) is 3.29. The zero-order chi connectivity index (χ0) is 22.2. The molecule has 1 amide bonds. The van der Waals surface area contributed by atoms with Gasteiger partial charge < -0.3 is 14.5 Å². The van der Waals surface area contributed by atoms with E-state index in [0.29, 0.717) is 29.4 Å². The molecule has 0 radical (unpaired) electrons. The van der Waals surface area contributed by atoms with Crippen LogP contribution >= 0.6 is 0 Å². The van der Waals surface area contributed by atoms with Gasteiger partial charge in [-0.3, -0.25) is 9.20 Å². The second-order valence-corrected chi connectivity index (χ2v) is 7.23. The highest BCUT2D eigenvalue weighted by Crippen LogP contribution is 2.35. The number of aryl methyl sites for hydroxylation is 1. The van der Waals surface area contributed by atoms with Crippen LogP contribution in [0.3, 0.4) is 0 Å². The first-order valence-electron chi connectivity index (χ1n) is 9.60. The summed E-state index contributed by atoms with van der Waals surface area (Å²) >= 11 is 0. The number of hydrogen-bond acceptors (Lipinski definition) is 4. The number of amides is 1. The molecule has 0 saturated heterocycles. The van der Waals surface area contributed by atoms with Crippen molar-refractivity contribution in [3.05, 3.63) is 83.0 Å². The molecule has 1 unspecified atom stereocenters. The minimum atomic E-state index is -4.51. The molecule has 3 aromatic rings. The number of hydrogen-bond donors (Lipinski definition) is 1. The molecule has 2 heterocycles. The SMILES string of the molecule is COC1=CC(NC(=O)Cc2ccccc2C(F)(F)F)=CCC1c1cn2c(C)ncc2o1. The lowest BCUT2D eigenvalue weighted by molar-refractivity contribution is -0.138. The zero-order valence-electron chi connectivity index (χ0n) is 16.9. The van der Waals surface area contributed by atoms with Gasteiger partial charge in [0, 0.05) is 5.70 Å². The first-order chi connectivity index (χ1) is 14.8. The predicted molar refractivity (Wildman–Crippen MR) is 106 cm³/mol. The minimum absolute atomic E-state index is 0.0758. The summed E-state index contributed by atoms with van der Waals surface area (Å²) in [6, 6.07) is 5.06. The van der Waals surface area contributed by atoms with Crippen LogP contribution in [0.15, 0.2) is 64.7 Å². The van der Waals surface area contributed by atoms with Crippen molar-refractivity contribution in [3.63, 3.8) is 0 Å². The normalized spacial score (nSPS) is 16.7. The van der Waals surface area contributed by atoms with Gasteiger partial charge in [0.2, 0.25) is 11.6 Å². The number of nitrogens with zero attached hydrogens (tertiary/aromatic N) is 2. The molecule has 0 bridgehead atoms. The van der Waals surface area contributed by atoms with E-state index >= 15 is 0 Å². The Kier molecular flexibility index (Phi) is 5.34. The van der Waals surface area contributed by atoms with Crippen LogP contribution in [0.1, 0.15) is 35.1 Å². The molecule has 2 aromatic heterocycles. The van der Waals surface area contributed by atoms with E-state index in [1.165, 1.54) is 25.3 Å². The first kappa shape index (κ1) is 20.8. The molecule has 1 aromatic carbocycles. The number of allylic oxidation sites excluding steroid dienone is 3. The number of ether oxygens (including phenoxy) is 1. The Hall–Kier alpha value is -3.49. The van der Waals surface area contributed by atoms with Crippen LogP contribution in [0.25, 0.3) is 5.71 Å². The molecule has 162 valence electrons. The molecule has 0 spiro atoms. The van der Waals surface area contributed by atoms with Crippen LogP contribution in [0.5, 0.6) is 0 Å². The Balaban J connectivity index is 1.48. The van der Waals surface area contributed by atoms with Crippen molar-refractivity contribution in [1.82, 2.24) is 14.7 Å². The Morgan fingerprint density at radius 1 is 1.35 bits per heavy atom. The van der Waals surface area contributed by atoms with Gasteiger partial charge in [-0.25, -0.2) is 4.98 Å². The summed E-state index contributed by atoms with van der Waals surface area (Å²) in [4.78, 5) is 16.6. The lowest BCUT2D eigenvalue weighted by Crippen LogP contribution is -2.26. The van der Waals surface area contributed by atoms with E-state index in [0.717, 1.165) is 11.9 Å². The zero-order valence-corrected chi connectivity index (χ0v) is 16.9. The summed E-state index contributed by atoms with van der Waals surface area (Å²) in [6.45, 7) is 1.87. The van der Waals surface area contributed by atoms with Gasteiger partial charge in [0.25, 0.3) is 0 Å². The fraction of sp³-hybridized carbons (Fsp3) is 0.273. The third kappa shape index (κ3) is 4.21. The molecule has 0 aliphatic heterocycles. The molecule has 0 fully saturated rings. The largest absolute Gasteiger partial charge is 0.500 e. The minimum Gasteiger partial charge on any atom is -0.500 e. The number of benzene rings is 1. The van der Waals surface area contributed by atoms with Crippen molar-refractivity contribution in [2.45, 2.75) is 31.9 Å². The Morgan fingerprint density at radius 2 is 2.13 bits per heavy atom. The maximum absolute atomic E-state index is 13.2. The summed E-state index contributed by atoms with van der Waals surface area (Å²) < 4.78 is 52.6. The van der Waals surface area contributed by atoms with Crippen LogP contribution in [-0.4, -0.2) is 22.4 Å². The second-order valence-electron chi connectivity index (χ2n) is 7.23. The van der Waals surface area contributed by atoms with Gasteiger partial charge in [-0.15, -0.1) is 0 Å². The summed E-state index contributed by atoms with van der Waals surface area (Å²) in [5, 5.41) is 2.67. The van der Waals surface area contributed by atoms with Crippen LogP contribution < -0.4 is 5.32 Å². The molecule has 6 nitrogen and oxygen atoms in total. The average molecular weight is 431 g/mol. The monoisotopic (exact) mass is 431 g/mol. The number of methoxy groups -OCH3 is 1. The van der Waals surface area contributed by atoms with Gasteiger partial charge in [-0.1, -0.05) is 24.3 Å². The Bertz CT molecular complexity index is 1190. The standard InChI is InChI=1S/C22H20F3N3O3/c1-13-26-11-21-28(13)12-19(31-21)16-8-7-15(10-18(16)30-2)27-20(29)9-14-5-3-4-6-17(14)22(23,24)25/h3-7,10-12,16H,8-9H2,1-2H3,(H,27,29). The summed E-state index contributed by atoms with van der Waals surface area (Å²) in [5.41, 5.74) is 0.205.